The largest absolute Gasteiger partial charge is 0.390 e. The van der Waals surface area contributed by atoms with E-state index in [1.807, 2.05) is 43.0 Å². The van der Waals surface area contributed by atoms with Crippen LogP contribution in [0.2, 0.25) is 0 Å². The van der Waals surface area contributed by atoms with E-state index in [0.29, 0.717) is 24.9 Å². The average molecular weight is 577 g/mol. The molecule has 4 rings (SSSR count). The predicted molar refractivity (Wildman–Crippen MR) is 165 cm³/mol. The molecule has 2 atom stereocenters. The van der Waals surface area contributed by atoms with Crippen LogP contribution in [0, 0.1) is 5.92 Å². The highest BCUT2D eigenvalue weighted by molar-refractivity contribution is 6.00. The SMILES string of the molecule is CCCCN1C(=O)[C@@H]([C@H](O)C(CC)CC)NC(=O)C12CCN(Cc1ccc(Cc3ccc(C(=O)NC)cc3)cc1)CC2. The summed E-state index contributed by atoms with van der Waals surface area (Å²) in [5.41, 5.74) is 3.38. The number of carbonyl (C=O) groups excluding carboxylic acids is 3. The number of rotatable bonds is 12. The van der Waals surface area contributed by atoms with E-state index in [0.717, 1.165) is 57.3 Å². The number of likely N-dealkylation sites (tertiary alicyclic amines) is 1. The number of piperidine rings is 1. The van der Waals surface area contributed by atoms with Crippen LogP contribution in [0.25, 0.3) is 0 Å². The van der Waals surface area contributed by atoms with Crippen molar-refractivity contribution in [3.8, 4) is 0 Å². The lowest BCUT2D eigenvalue weighted by Crippen LogP contribution is -2.75. The summed E-state index contributed by atoms with van der Waals surface area (Å²) in [5.74, 6) is -0.349. The molecule has 0 aromatic heterocycles. The monoisotopic (exact) mass is 576 g/mol. The number of amides is 3. The fraction of sp³-hybridized carbons (Fsp3) is 0.559. The maximum absolute atomic E-state index is 13.7. The number of hydrogen-bond acceptors (Lipinski definition) is 5. The van der Waals surface area contributed by atoms with Gasteiger partial charge in [0.25, 0.3) is 5.91 Å². The first-order chi connectivity index (χ1) is 20.3. The van der Waals surface area contributed by atoms with Crippen molar-refractivity contribution in [2.75, 3.05) is 26.7 Å². The summed E-state index contributed by atoms with van der Waals surface area (Å²) in [4.78, 5) is 43.4. The Bertz CT molecular complexity index is 1200. The summed E-state index contributed by atoms with van der Waals surface area (Å²) < 4.78 is 0. The molecule has 3 amide bonds. The Morgan fingerprint density at radius 2 is 1.55 bits per heavy atom. The lowest BCUT2D eigenvalue weighted by Gasteiger charge is -2.52. The zero-order valence-corrected chi connectivity index (χ0v) is 25.7. The second-order valence-electron chi connectivity index (χ2n) is 11.9. The van der Waals surface area contributed by atoms with Gasteiger partial charge in [0.05, 0.1) is 6.10 Å². The van der Waals surface area contributed by atoms with Gasteiger partial charge >= 0.3 is 0 Å². The number of carbonyl (C=O) groups is 3. The summed E-state index contributed by atoms with van der Waals surface area (Å²) in [5, 5.41) is 16.6. The van der Waals surface area contributed by atoms with Crippen molar-refractivity contribution in [1.82, 2.24) is 20.4 Å². The second kappa shape index (κ2) is 14.3. The molecule has 2 fully saturated rings. The summed E-state index contributed by atoms with van der Waals surface area (Å²) in [7, 11) is 1.63. The fourth-order valence-electron chi connectivity index (χ4n) is 6.51. The van der Waals surface area contributed by atoms with Crippen LogP contribution in [-0.4, -0.2) is 77.0 Å². The van der Waals surface area contributed by atoms with E-state index in [2.05, 4.69) is 46.7 Å². The van der Waals surface area contributed by atoms with Gasteiger partial charge in [-0.05, 0) is 60.4 Å². The second-order valence-corrected chi connectivity index (χ2v) is 11.9. The van der Waals surface area contributed by atoms with Crippen molar-refractivity contribution in [1.29, 1.82) is 0 Å². The molecule has 8 heteroatoms. The Kier molecular flexibility index (Phi) is 10.8. The first-order valence-corrected chi connectivity index (χ1v) is 15.7. The van der Waals surface area contributed by atoms with Crippen molar-refractivity contribution >= 4 is 17.7 Å². The minimum Gasteiger partial charge on any atom is -0.390 e. The van der Waals surface area contributed by atoms with E-state index < -0.39 is 17.7 Å². The molecule has 42 heavy (non-hydrogen) atoms. The lowest BCUT2D eigenvalue weighted by atomic mass is 9.79. The smallest absolute Gasteiger partial charge is 0.251 e. The molecule has 228 valence electrons. The van der Waals surface area contributed by atoms with Crippen molar-refractivity contribution in [3.63, 3.8) is 0 Å². The minimum absolute atomic E-state index is 0.0240. The maximum atomic E-state index is 13.7. The van der Waals surface area contributed by atoms with Gasteiger partial charge in [0, 0.05) is 38.8 Å². The predicted octanol–water partition coefficient (Wildman–Crippen LogP) is 3.90. The van der Waals surface area contributed by atoms with Gasteiger partial charge in [0.2, 0.25) is 11.8 Å². The summed E-state index contributed by atoms with van der Waals surface area (Å²) in [6.07, 6.45) is 4.40. The van der Waals surface area contributed by atoms with Crippen LogP contribution in [0.4, 0.5) is 0 Å². The van der Waals surface area contributed by atoms with Gasteiger partial charge in [-0.25, -0.2) is 0 Å². The molecule has 8 nitrogen and oxygen atoms in total. The number of hydrogen-bond donors (Lipinski definition) is 3. The van der Waals surface area contributed by atoms with E-state index in [-0.39, 0.29) is 23.6 Å². The number of benzene rings is 2. The number of unbranched alkanes of at least 4 members (excludes halogenated alkanes) is 1. The topological polar surface area (TPSA) is 102 Å². The molecular weight excluding hydrogens is 528 g/mol. The molecule has 0 saturated carbocycles. The Balaban J connectivity index is 1.38. The molecule has 2 aromatic carbocycles. The molecule has 1 spiro atoms. The minimum atomic E-state index is -0.872. The van der Waals surface area contributed by atoms with Crippen LogP contribution in [-0.2, 0) is 22.6 Å². The zero-order chi connectivity index (χ0) is 30.3. The molecule has 0 aliphatic carbocycles. The number of nitrogens with one attached hydrogen (secondary N) is 2. The molecule has 0 radical (unpaired) electrons. The van der Waals surface area contributed by atoms with Gasteiger partial charge in [-0.2, -0.15) is 0 Å². The van der Waals surface area contributed by atoms with Gasteiger partial charge in [-0.15, -0.1) is 0 Å². The molecule has 0 bridgehead atoms. The molecule has 2 aliphatic rings. The molecule has 2 aliphatic heterocycles. The average Bonchev–Trinajstić information content (AvgIpc) is 3.01. The number of aliphatic hydroxyl groups excluding tert-OH is 1. The molecule has 2 heterocycles. The molecular formula is C34H48N4O4. The van der Waals surface area contributed by atoms with Crippen molar-refractivity contribution in [2.45, 2.75) is 89.9 Å². The van der Waals surface area contributed by atoms with E-state index >= 15 is 0 Å². The van der Waals surface area contributed by atoms with Crippen LogP contribution in [0.3, 0.4) is 0 Å². The van der Waals surface area contributed by atoms with Crippen molar-refractivity contribution < 1.29 is 19.5 Å². The number of nitrogens with zero attached hydrogens (tertiary/aromatic N) is 2. The van der Waals surface area contributed by atoms with E-state index in [4.69, 9.17) is 0 Å². The maximum Gasteiger partial charge on any atom is 0.251 e. The Morgan fingerprint density at radius 1 is 0.976 bits per heavy atom. The van der Waals surface area contributed by atoms with Crippen LogP contribution < -0.4 is 10.6 Å². The standard InChI is InChI=1S/C34H48N4O4/c1-5-8-19-38-32(41)29(30(39)27(6-2)7-3)36-33(42)34(38)17-20-37(21-18-34)23-26-11-9-24(10-12-26)22-25-13-15-28(16-14-25)31(40)35-4/h9-16,27,29-30,39H,5-8,17-23H2,1-4H3,(H,35,40)(H,36,42)/t29-,30-/m1/s1. The van der Waals surface area contributed by atoms with Crippen LogP contribution in [0.5, 0.6) is 0 Å². The van der Waals surface area contributed by atoms with Crippen molar-refractivity contribution in [3.05, 3.63) is 70.8 Å². The number of piperazine rings is 1. The van der Waals surface area contributed by atoms with Gasteiger partial charge in [0.15, 0.2) is 0 Å². The zero-order valence-electron chi connectivity index (χ0n) is 25.7. The molecule has 2 saturated heterocycles. The van der Waals surface area contributed by atoms with Gasteiger partial charge in [-0.1, -0.05) is 76.4 Å². The highest BCUT2D eigenvalue weighted by Crippen LogP contribution is 2.35. The Morgan fingerprint density at radius 3 is 2.10 bits per heavy atom. The van der Waals surface area contributed by atoms with E-state index in [1.165, 1.54) is 11.1 Å². The highest BCUT2D eigenvalue weighted by atomic mass is 16.3. The first kappa shape index (κ1) is 31.7. The van der Waals surface area contributed by atoms with E-state index in [1.54, 1.807) is 7.05 Å². The number of aliphatic hydroxyl groups is 1. The van der Waals surface area contributed by atoms with Crippen LogP contribution in [0.15, 0.2) is 48.5 Å². The van der Waals surface area contributed by atoms with Gasteiger partial charge < -0.3 is 20.6 Å². The summed E-state index contributed by atoms with van der Waals surface area (Å²) in [6.45, 7) is 8.91. The lowest BCUT2D eigenvalue weighted by molar-refractivity contribution is -0.165. The third kappa shape index (κ3) is 6.87. The molecule has 2 aromatic rings. The van der Waals surface area contributed by atoms with E-state index in [9.17, 15) is 19.5 Å². The van der Waals surface area contributed by atoms with Gasteiger partial charge in [0.1, 0.15) is 11.6 Å². The summed E-state index contributed by atoms with van der Waals surface area (Å²) >= 11 is 0. The van der Waals surface area contributed by atoms with Gasteiger partial charge in [-0.3, -0.25) is 19.3 Å². The fourth-order valence-corrected chi connectivity index (χ4v) is 6.51. The Hall–Kier alpha value is -3.23. The quantitative estimate of drug-likeness (QED) is 0.356. The summed E-state index contributed by atoms with van der Waals surface area (Å²) in [6, 6.07) is 15.4. The Labute approximate surface area is 250 Å². The third-order valence-corrected chi connectivity index (χ3v) is 9.33. The third-order valence-electron chi connectivity index (χ3n) is 9.33. The van der Waals surface area contributed by atoms with Crippen molar-refractivity contribution in [2.24, 2.45) is 5.92 Å². The van der Waals surface area contributed by atoms with Crippen LogP contribution in [0.1, 0.15) is 86.3 Å². The normalized spacial score (nSPS) is 19.7. The molecule has 0 unspecified atom stereocenters. The highest BCUT2D eigenvalue weighted by Gasteiger charge is 2.55. The first-order valence-electron chi connectivity index (χ1n) is 15.7. The van der Waals surface area contributed by atoms with Crippen LogP contribution >= 0.6 is 0 Å². The molecule has 3 N–H and O–H groups in total.